The van der Waals surface area contributed by atoms with Crippen molar-refractivity contribution in [1.82, 2.24) is 9.97 Å². The molecule has 0 bridgehead atoms. The minimum absolute atomic E-state index is 0.136. The second kappa shape index (κ2) is 15.3. The number of carbonyl (C=O) groups excluding carboxylic acids is 2. The number of nitrogens with zero attached hydrogens (tertiary/aromatic N) is 4. The van der Waals surface area contributed by atoms with Gasteiger partial charge in [0.2, 0.25) is 0 Å². The average Bonchev–Trinajstić information content (AvgIpc) is 2.91. The Morgan fingerprint density at radius 2 is 1.35 bits per heavy atom. The summed E-state index contributed by atoms with van der Waals surface area (Å²) >= 11 is 7.06. The molecule has 48 heavy (non-hydrogen) atoms. The van der Waals surface area contributed by atoms with Gasteiger partial charge in [-0.15, -0.1) is 0 Å². The minimum atomic E-state index is -0.657. The third-order valence-electron chi connectivity index (χ3n) is 8.28. The highest BCUT2D eigenvalue weighted by Gasteiger charge is 2.38. The van der Waals surface area contributed by atoms with E-state index in [1.807, 2.05) is 71.9 Å². The van der Waals surface area contributed by atoms with E-state index in [1.165, 1.54) is 0 Å². The van der Waals surface area contributed by atoms with Crippen molar-refractivity contribution in [2.45, 2.75) is 117 Å². The molecule has 10 nitrogen and oxygen atoms in total. The van der Waals surface area contributed by atoms with Gasteiger partial charge in [-0.3, -0.25) is 9.80 Å². The largest absolute Gasteiger partial charge is 0.443 e. The highest BCUT2D eigenvalue weighted by molar-refractivity contribution is 9.10. The number of amides is 2. The second-order valence-corrected chi connectivity index (χ2v) is 17.6. The number of halogens is 2. The molecule has 2 saturated heterocycles. The third kappa shape index (κ3) is 11.7. The number of ether oxygens (including phenoxy) is 4. The van der Waals surface area contributed by atoms with Gasteiger partial charge in [-0.25, -0.2) is 19.6 Å². The highest BCUT2D eigenvalue weighted by Crippen LogP contribution is 2.36. The van der Waals surface area contributed by atoms with E-state index in [1.54, 1.807) is 9.80 Å². The standard InChI is InChI=1S/C36H52Br2N4O6/c1-33(2,3)47-31(43)41(29-12-10-11-27(37)39-29)23-25-14-16-46-36(9,20-25)21-26-17-28(38)40-30(18-26)42(32(44)48-34(4,5)6)22-24-13-15-45-35(7,8)19-24/h10-12,17-18,24-25H,13-16,19-23H2,1-9H3/t24-,25+,36?/m0/s1. The van der Waals surface area contributed by atoms with Crippen LogP contribution in [0.2, 0.25) is 0 Å². The van der Waals surface area contributed by atoms with Crippen LogP contribution in [-0.2, 0) is 25.4 Å². The van der Waals surface area contributed by atoms with Crippen LogP contribution in [0.5, 0.6) is 0 Å². The first kappa shape index (κ1) is 38.5. The van der Waals surface area contributed by atoms with Crippen molar-refractivity contribution < 1.29 is 28.5 Å². The van der Waals surface area contributed by atoms with E-state index in [9.17, 15) is 9.59 Å². The molecular formula is C36H52Br2N4O6. The van der Waals surface area contributed by atoms with Crippen molar-refractivity contribution in [1.29, 1.82) is 0 Å². The topological polar surface area (TPSA) is 103 Å². The molecule has 3 atom stereocenters. The maximum absolute atomic E-state index is 13.6. The normalized spacial score (nSPS) is 22.9. The molecule has 0 aromatic carbocycles. The zero-order chi connectivity index (χ0) is 35.5. The van der Waals surface area contributed by atoms with Gasteiger partial charge in [0.15, 0.2) is 0 Å². The molecule has 266 valence electrons. The molecule has 4 heterocycles. The first-order chi connectivity index (χ1) is 22.2. The lowest BCUT2D eigenvalue weighted by Gasteiger charge is -2.40. The summed E-state index contributed by atoms with van der Waals surface area (Å²) in [5.74, 6) is 1.44. The first-order valence-electron chi connectivity index (χ1n) is 16.8. The van der Waals surface area contributed by atoms with Crippen molar-refractivity contribution in [3.8, 4) is 0 Å². The number of pyridine rings is 2. The first-order valence-corrected chi connectivity index (χ1v) is 18.4. The van der Waals surface area contributed by atoms with Gasteiger partial charge in [0.1, 0.15) is 32.0 Å². The van der Waals surface area contributed by atoms with Gasteiger partial charge in [0.05, 0.1) is 11.2 Å². The van der Waals surface area contributed by atoms with Crippen LogP contribution >= 0.6 is 31.9 Å². The quantitative estimate of drug-likeness (QED) is 0.244. The van der Waals surface area contributed by atoms with Crippen molar-refractivity contribution in [2.24, 2.45) is 11.8 Å². The molecule has 0 aliphatic carbocycles. The van der Waals surface area contributed by atoms with Gasteiger partial charge in [0, 0.05) is 32.7 Å². The number of hydrogen-bond acceptors (Lipinski definition) is 8. The van der Waals surface area contributed by atoms with Crippen LogP contribution in [0, 0.1) is 11.8 Å². The monoisotopic (exact) mass is 794 g/mol. The molecule has 4 rings (SSSR count). The Hall–Kier alpha value is -2.28. The molecule has 2 aliphatic rings. The lowest BCUT2D eigenvalue weighted by atomic mass is 9.83. The Balaban J connectivity index is 1.56. The molecule has 2 aromatic rings. The molecule has 2 fully saturated rings. The Kier molecular flexibility index (Phi) is 12.3. The fourth-order valence-corrected chi connectivity index (χ4v) is 7.27. The summed E-state index contributed by atoms with van der Waals surface area (Å²) < 4.78 is 25.3. The predicted octanol–water partition coefficient (Wildman–Crippen LogP) is 9.12. The maximum atomic E-state index is 13.6. The van der Waals surface area contributed by atoms with Crippen LogP contribution in [0.25, 0.3) is 0 Å². The summed E-state index contributed by atoms with van der Waals surface area (Å²) in [4.78, 5) is 39.7. The predicted molar refractivity (Wildman–Crippen MR) is 195 cm³/mol. The molecular weight excluding hydrogens is 744 g/mol. The van der Waals surface area contributed by atoms with Gasteiger partial charge in [-0.1, -0.05) is 6.07 Å². The number of aromatic nitrogens is 2. The molecule has 2 amide bonds. The SMILES string of the molecule is CC(C)(C)OC(=O)N(C[C@H]1CCOC(C)(C)C1)c1cc(CC2(C)C[C@H](CN(C(=O)OC(C)(C)C)c3cccc(Br)n3)CCO2)cc(Br)n1. The van der Waals surface area contributed by atoms with Gasteiger partial charge >= 0.3 is 12.2 Å². The summed E-state index contributed by atoms with van der Waals surface area (Å²) in [5, 5.41) is 0. The molecule has 1 unspecified atom stereocenters. The Morgan fingerprint density at radius 1 is 0.812 bits per heavy atom. The lowest BCUT2D eigenvalue weighted by molar-refractivity contribution is -0.0832. The van der Waals surface area contributed by atoms with Crippen LogP contribution in [-0.4, -0.2) is 70.9 Å². The van der Waals surface area contributed by atoms with Gasteiger partial charge in [0.25, 0.3) is 0 Å². The van der Waals surface area contributed by atoms with E-state index < -0.39 is 29.0 Å². The Morgan fingerprint density at radius 3 is 1.92 bits per heavy atom. The Labute approximate surface area is 302 Å². The van der Waals surface area contributed by atoms with Crippen molar-refractivity contribution in [3.63, 3.8) is 0 Å². The zero-order valence-corrected chi connectivity index (χ0v) is 33.1. The summed E-state index contributed by atoms with van der Waals surface area (Å²) in [6, 6.07) is 9.46. The molecule has 0 saturated carbocycles. The zero-order valence-electron chi connectivity index (χ0n) is 29.9. The summed E-state index contributed by atoms with van der Waals surface area (Å²) in [6.45, 7) is 19.6. The van der Waals surface area contributed by atoms with Gasteiger partial charge in [-0.2, -0.15) is 0 Å². The van der Waals surface area contributed by atoms with E-state index in [-0.39, 0.29) is 17.4 Å². The summed E-state index contributed by atoms with van der Waals surface area (Å²) in [6.07, 6.45) is 2.92. The molecule has 2 aromatic heterocycles. The number of rotatable bonds is 8. The van der Waals surface area contributed by atoms with E-state index in [0.717, 1.165) is 24.8 Å². The van der Waals surface area contributed by atoms with Crippen LogP contribution in [0.15, 0.2) is 39.5 Å². The van der Waals surface area contributed by atoms with E-state index in [0.29, 0.717) is 60.0 Å². The highest BCUT2D eigenvalue weighted by atomic mass is 79.9. The van der Waals surface area contributed by atoms with Crippen LogP contribution < -0.4 is 9.80 Å². The van der Waals surface area contributed by atoms with E-state index in [4.69, 9.17) is 23.9 Å². The van der Waals surface area contributed by atoms with Crippen LogP contribution in [0.3, 0.4) is 0 Å². The Bertz CT molecular complexity index is 1440. The van der Waals surface area contributed by atoms with Crippen molar-refractivity contribution in [2.75, 3.05) is 36.1 Å². The second-order valence-electron chi connectivity index (χ2n) is 16.0. The van der Waals surface area contributed by atoms with E-state index >= 15 is 0 Å². The maximum Gasteiger partial charge on any atom is 0.416 e. The lowest BCUT2D eigenvalue weighted by Crippen LogP contribution is -2.45. The summed E-state index contributed by atoms with van der Waals surface area (Å²) in [7, 11) is 0. The number of hydrogen-bond donors (Lipinski definition) is 0. The molecule has 0 spiro atoms. The van der Waals surface area contributed by atoms with Gasteiger partial charge in [-0.05, 0) is 162 Å². The van der Waals surface area contributed by atoms with Crippen LogP contribution in [0.4, 0.5) is 21.2 Å². The number of carbonyl (C=O) groups is 2. The van der Waals surface area contributed by atoms with Gasteiger partial charge < -0.3 is 18.9 Å². The smallest absolute Gasteiger partial charge is 0.416 e. The third-order valence-corrected chi connectivity index (χ3v) is 9.13. The number of anilines is 2. The van der Waals surface area contributed by atoms with E-state index in [2.05, 4.69) is 57.6 Å². The average molecular weight is 797 g/mol. The fraction of sp³-hybridized carbons (Fsp3) is 0.667. The minimum Gasteiger partial charge on any atom is -0.443 e. The molecule has 2 aliphatic heterocycles. The molecule has 0 N–H and O–H groups in total. The van der Waals surface area contributed by atoms with Crippen LogP contribution in [0.1, 0.15) is 93.6 Å². The van der Waals surface area contributed by atoms with Crippen molar-refractivity contribution >= 4 is 55.7 Å². The molecule has 12 heteroatoms. The molecule has 0 radical (unpaired) electrons. The van der Waals surface area contributed by atoms with Crippen molar-refractivity contribution in [3.05, 3.63) is 45.1 Å². The summed E-state index contributed by atoms with van der Waals surface area (Å²) in [5.41, 5.74) is -1.10. The fourth-order valence-electron chi connectivity index (χ4n) is 6.46.